The van der Waals surface area contributed by atoms with Crippen molar-refractivity contribution in [1.82, 2.24) is 5.32 Å². The number of thiophene rings is 1. The van der Waals surface area contributed by atoms with Gasteiger partial charge in [0.1, 0.15) is 0 Å². The van der Waals surface area contributed by atoms with Crippen LogP contribution in [0.3, 0.4) is 0 Å². The zero-order valence-corrected chi connectivity index (χ0v) is 12.2. The fraction of sp³-hybridized carbons (Fsp3) is 0.750. The molecule has 0 amide bonds. The van der Waals surface area contributed by atoms with Crippen LogP contribution in [-0.4, -0.2) is 6.54 Å². The van der Waals surface area contributed by atoms with Gasteiger partial charge in [-0.3, -0.25) is 0 Å². The summed E-state index contributed by atoms with van der Waals surface area (Å²) in [7, 11) is 0. The van der Waals surface area contributed by atoms with Crippen LogP contribution >= 0.6 is 11.3 Å². The van der Waals surface area contributed by atoms with Crippen molar-refractivity contribution >= 4 is 11.3 Å². The van der Waals surface area contributed by atoms with E-state index in [2.05, 4.69) is 11.4 Å². The highest BCUT2D eigenvalue weighted by Crippen LogP contribution is 2.30. The van der Waals surface area contributed by atoms with Crippen LogP contribution in [0.4, 0.5) is 0 Å². The zero-order valence-electron chi connectivity index (χ0n) is 11.3. The lowest BCUT2D eigenvalue weighted by Gasteiger charge is -2.21. The molecule has 0 saturated heterocycles. The molecule has 1 heterocycles. The molecular formula is C16H25NS. The molecular weight excluding hydrogens is 238 g/mol. The summed E-state index contributed by atoms with van der Waals surface area (Å²) >= 11 is 2.05. The largest absolute Gasteiger partial charge is 0.312 e. The van der Waals surface area contributed by atoms with Gasteiger partial charge in [-0.1, -0.05) is 32.1 Å². The van der Waals surface area contributed by atoms with Crippen molar-refractivity contribution in [2.24, 2.45) is 5.92 Å². The Hall–Kier alpha value is -0.340. The Labute approximate surface area is 115 Å². The average Bonchev–Trinajstić information content (AvgIpc) is 2.96. The molecule has 18 heavy (non-hydrogen) atoms. The summed E-state index contributed by atoms with van der Waals surface area (Å²) in [6.45, 7) is 2.32. The van der Waals surface area contributed by atoms with Crippen LogP contribution in [0.2, 0.25) is 0 Å². The Morgan fingerprint density at radius 1 is 1.11 bits per heavy atom. The summed E-state index contributed by atoms with van der Waals surface area (Å²) in [6.07, 6.45) is 12.8. The third-order valence-electron chi connectivity index (χ3n) is 4.55. The van der Waals surface area contributed by atoms with E-state index in [0.717, 1.165) is 12.5 Å². The number of fused-ring (bicyclic) bond motifs is 1. The number of rotatable bonds is 5. The maximum absolute atomic E-state index is 3.65. The van der Waals surface area contributed by atoms with E-state index in [1.807, 2.05) is 11.3 Å². The first-order chi connectivity index (χ1) is 8.92. The van der Waals surface area contributed by atoms with Gasteiger partial charge in [0, 0.05) is 16.3 Å². The van der Waals surface area contributed by atoms with E-state index in [4.69, 9.17) is 0 Å². The maximum atomic E-state index is 3.65. The van der Waals surface area contributed by atoms with E-state index in [1.165, 1.54) is 64.3 Å². The number of hydrogen-bond acceptors (Lipinski definition) is 2. The molecule has 0 spiro atoms. The molecule has 0 aromatic carbocycles. The van der Waals surface area contributed by atoms with E-state index < -0.39 is 0 Å². The highest BCUT2D eigenvalue weighted by molar-refractivity contribution is 7.12. The predicted molar refractivity (Wildman–Crippen MR) is 79.2 cm³/mol. The Bertz CT molecular complexity index is 355. The molecule has 100 valence electrons. The number of hydrogen-bond donors (Lipinski definition) is 1. The van der Waals surface area contributed by atoms with E-state index in [-0.39, 0.29) is 0 Å². The van der Waals surface area contributed by atoms with Gasteiger partial charge < -0.3 is 5.32 Å². The molecule has 0 aliphatic heterocycles. The lowest BCUT2D eigenvalue weighted by molar-refractivity contribution is 0.334. The van der Waals surface area contributed by atoms with Gasteiger partial charge in [-0.2, -0.15) is 0 Å². The molecule has 0 radical (unpaired) electrons. The Kier molecular flexibility index (Phi) is 4.37. The van der Waals surface area contributed by atoms with Crippen molar-refractivity contribution in [2.45, 2.75) is 64.3 Å². The van der Waals surface area contributed by atoms with E-state index in [9.17, 15) is 0 Å². The first-order valence-electron chi connectivity index (χ1n) is 7.73. The van der Waals surface area contributed by atoms with Crippen molar-refractivity contribution in [1.29, 1.82) is 0 Å². The van der Waals surface area contributed by atoms with Crippen LogP contribution < -0.4 is 5.32 Å². The summed E-state index contributed by atoms with van der Waals surface area (Å²) in [6, 6.07) is 2.45. The predicted octanol–water partition coefficient (Wildman–Crippen LogP) is 4.30. The van der Waals surface area contributed by atoms with Crippen LogP contribution in [0.1, 0.15) is 60.3 Å². The summed E-state index contributed by atoms with van der Waals surface area (Å²) in [5.74, 6) is 1.01. The van der Waals surface area contributed by atoms with Gasteiger partial charge in [0.15, 0.2) is 0 Å². The van der Waals surface area contributed by atoms with Crippen molar-refractivity contribution in [3.63, 3.8) is 0 Å². The minimum atomic E-state index is 1.01. The van der Waals surface area contributed by atoms with Crippen LogP contribution in [0, 0.1) is 5.92 Å². The monoisotopic (exact) mass is 263 g/mol. The molecule has 1 aromatic heterocycles. The highest BCUT2D eigenvalue weighted by atomic mass is 32.1. The smallest absolute Gasteiger partial charge is 0.0299 e. The molecule has 1 nitrogen and oxygen atoms in total. The van der Waals surface area contributed by atoms with Gasteiger partial charge in [0.05, 0.1) is 0 Å². The van der Waals surface area contributed by atoms with Gasteiger partial charge >= 0.3 is 0 Å². The van der Waals surface area contributed by atoms with Gasteiger partial charge in [-0.15, -0.1) is 11.3 Å². The summed E-state index contributed by atoms with van der Waals surface area (Å²) in [5.41, 5.74) is 1.64. The van der Waals surface area contributed by atoms with Gasteiger partial charge in [-0.05, 0) is 49.8 Å². The van der Waals surface area contributed by atoms with Crippen molar-refractivity contribution < 1.29 is 0 Å². The van der Waals surface area contributed by atoms with Crippen LogP contribution in [0.25, 0.3) is 0 Å². The zero-order chi connectivity index (χ0) is 12.2. The Morgan fingerprint density at radius 2 is 2.00 bits per heavy atom. The standard InChI is InChI=1S/C16H25NS/c1-2-5-13(6-3-1)9-10-17-12-15-11-14-7-4-8-16(14)18-15/h11,13,17H,1-10,12H2. The first-order valence-corrected chi connectivity index (χ1v) is 8.54. The van der Waals surface area contributed by atoms with E-state index in [0.29, 0.717) is 0 Å². The second-order valence-electron chi connectivity index (χ2n) is 5.98. The topological polar surface area (TPSA) is 12.0 Å². The molecule has 1 fully saturated rings. The Balaban J connectivity index is 1.36. The third-order valence-corrected chi connectivity index (χ3v) is 5.79. The molecule has 2 aliphatic rings. The molecule has 2 aliphatic carbocycles. The second kappa shape index (κ2) is 6.21. The van der Waals surface area contributed by atoms with Crippen LogP contribution in [0.15, 0.2) is 6.07 Å². The minimum Gasteiger partial charge on any atom is -0.312 e. The van der Waals surface area contributed by atoms with Gasteiger partial charge in [0.2, 0.25) is 0 Å². The number of nitrogens with one attached hydrogen (secondary N) is 1. The summed E-state index contributed by atoms with van der Waals surface area (Å²) in [5, 5.41) is 3.65. The molecule has 0 unspecified atom stereocenters. The molecule has 0 bridgehead atoms. The van der Waals surface area contributed by atoms with E-state index in [1.54, 1.807) is 15.3 Å². The molecule has 1 N–H and O–H groups in total. The maximum Gasteiger partial charge on any atom is 0.0299 e. The van der Waals surface area contributed by atoms with Crippen LogP contribution in [0.5, 0.6) is 0 Å². The molecule has 0 atom stereocenters. The first kappa shape index (κ1) is 12.7. The lowest BCUT2D eigenvalue weighted by Crippen LogP contribution is -2.18. The van der Waals surface area contributed by atoms with Crippen molar-refractivity contribution in [2.75, 3.05) is 6.54 Å². The highest BCUT2D eigenvalue weighted by Gasteiger charge is 2.15. The Morgan fingerprint density at radius 3 is 2.83 bits per heavy atom. The normalized spacial score (nSPS) is 20.2. The average molecular weight is 263 g/mol. The molecule has 1 aromatic rings. The molecule has 3 rings (SSSR count). The fourth-order valence-corrected chi connectivity index (χ4v) is 4.70. The third kappa shape index (κ3) is 3.16. The van der Waals surface area contributed by atoms with Crippen molar-refractivity contribution in [3.05, 3.63) is 21.4 Å². The van der Waals surface area contributed by atoms with Gasteiger partial charge in [-0.25, -0.2) is 0 Å². The second-order valence-corrected chi connectivity index (χ2v) is 7.21. The summed E-state index contributed by atoms with van der Waals surface area (Å²) in [4.78, 5) is 3.22. The number of aryl methyl sites for hydroxylation is 2. The van der Waals surface area contributed by atoms with Crippen molar-refractivity contribution in [3.8, 4) is 0 Å². The molecule has 2 heteroatoms. The minimum absolute atomic E-state index is 1.01. The quantitative estimate of drug-likeness (QED) is 0.781. The SMILES string of the molecule is c1c(CNCCC2CCCCC2)sc2c1CCC2. The van der Waals surface area contributed by atoms with Crippen LogP contribution in [-0.2, 0) is 19.4 Å². The summed E-state index contributed by atoms with van der Waals surface area (Å²) < 4.78 is 0. The fourth-order valence-electron chi connectivity index (χ4n) is 3.47. The molecule has 1 saturated carbocycles. The van der Waals surface area contributed by atoms with E-state index >= 15 is 0 Å². The van der Waals surface area contributed by atoms with Gasteiger partial charge in [0.25, 0.3) is 0 Å². The lowest BCUT2D eigenvalue weighted by atomic mass is 9.87.